The van der Waals surface area contributed by atoms with Gasteiger partial charge in [-0.2, -0.15) is 0 Å². The molecule has 82 valence electrons. The predicted molar refractivity (Wildman–Crippen MR) is 61.9 cm³/mol. The van der Waals surface area contributed by atoms with Crippen molar-refractivity contribution in [2.45, 2.75) is 31.7 Å². The maximum absolute atomic E-state index is 9.48. The summed E-state index contributed by atoms with van der Waals surface area (Å²) in [6.45, 7) is 3.38. The average molecular weight is 205 g/mol. The Hall–Kier alpha value is -0.860. The zero-order valence-electron chi connectivity index (χ0n) is 9.29. The minimum Gasteiger partial charge on any atom is -0.394 e. The number of hydrogen-bond donors (Lipinski definition) is 2. The van der Waals surface area contributed by atoms with Crippen molar-refractivity contribution in [3.8, 4) is 0 Å². The second-order valence-corrected chi connectivity index (χ2v) is 4.63. The number of aryl methyl sites for hydroxylation is 1. The van der Waals surface area contributed by atoms with E-state index < -0.39 is 0 Å². The molecule has 0 amide bonds. The number of hydrogen-bond acceptors (Lipinski definition) is 2. The van der Waals surface area contributed by atoms with E-state index in [1.807, 2.05) is 0 Å². The normalized spacial score (nSPS) is 25.7. The van der Waals surface area contributed by atoms with Gasteiger partial charge in [-0.1, -0.05) is 29.8 Å². The van der Waals surface area contributed by atoms with Crippen molar-refractivity contribution in [1.29, 1.82) is 0 Å². The van der Waals surface area contributed by atoms with Crippen molar-refractivity contribution < 1.29 is 5.11 Å². The highest BCUT2D eigenvalue weighted by molar-refractivity contribution is 5.24. The van der Waals surface area contributed by atoms with E-state index >= 15 is 0 Å². The van der Waals surface area contributed by atoms with Gasteiger partial charge >= 0.3 is 0 Å². The fourth-order valence-corrected chi connectivity index (χ4v) is 2.42. The molecule has 1 heterocycles. The smallest absolute Gasteiger partial charge is 0.0616 e. The van der Waals surface area contributed by atoms with E-state index in [0.717, 1.165) is 19.4 Å². The Balaban J connectivity index is 2.12. The monoisotopic (exact) mass is 205 g/mol. The molecule has 1 aliphatic heterocycles. The molecular formula is C13H19NO. The molecule has 0 aromatic heterocycles. The molecule has 2 N–H and O–H groups in total. The lowest BCUT2D eigenvalue weighted by Gasteiger charge is -2.27. The summed E-state index contributed by atoms with van der Waals surface area (Å²) < 4.78 is 0. The molecule has 0 spiro atoms. The Kier molecular flexibility index (Phi) is 3.08. The van der Waals surface area contributed by atoms with Crippen LogP contribution in [-0.2, 0) is 6.42 Å². The van der Waals surface area contributed by atoms with Crippen LogP contribution in [0.15, 0.2) is 24.3 Å². The largest absolute Gasteiger partial charge is 0.394 e. The Bertz CT molecular complexity index is 329. The molecular weight excluding hydrogens is 186 g/mol. The zero-order chi connectivity index (χ0) is 10.7. The SMILES string of the molecule is Cc1cccc(CC2(CO)CCCN2)c1. The van der Waals surface area contributed by atoms with Crippen molar-refractivity contribution in [1.82, 2.24) is 5.32 Å². The van der Waals surface area contributed by atoms with Crippen molar-refractivity contribution >= 4 is 0 Å². The van der Waals surface area contributed by atoms with E-state index in [2.05, 4.69) is 36.5 Å². The summed E-state index contributed by atoms with van der Waals surface area (Å²) in [4.78, 5) is 0. The lowest BCUT2D eigenvalue weighted by molar-refractivity contribution is 0.177. The van der Waals surface area contributed by atoms with Gasteiger partial charge in [0, 0.05) is 5.54 Å². The molecule has 0 saturated carbocycles. The van der Waals surface area contributed by atoms with Crippen LogP contribution < -0.4 is 5.32 Å². The van der Waals surface area contributed by atoms with Crippen LogP contribution in [0.25, 0.3) is 0 Å². The van der Waals surface area contributed by atoms with Gasteiger partial charge in [-0.25, -0.2) is 0 Å². The summed E-state index contributed by atoms with van der Waals surface area (Å²) in [7, 11) is 0. The molecule has 2 rings (SSSR count). The molecule has 1 atom stereocenters. The van der Waals surface area contributed by atoms with Gasteiger partial charge < -0.3 is 10.4 Å². The lowest BCUT2D eigenvalue weighted by atomic mass is 9.90. The van der Waals surface area contributed by atoms with E-state index in [0.29, 0.717) is 0 Å². The summed E-state index contributed by atoms with van der Waals surface area (Å²) in [5, 5.41) is 12.9. The molecule has 0 radical (unpaired) electrons. The van der Waals surface area contributed by atoms with E-state index in [4.69, 9.17) is 0 Å². The quantitative estimate of drug-likeness (QED) is 0.786. The molecule has 1 saturated heterocycles. The number of nitrogens with one attached hydrogen (secondary N) is 1. The number of rotatable bonds is 3. The third kappa shape index (κ3) is 2.39. The fraction of sp³-hybridized carbons (Fsp3) is 0.538. The van der Waals surface area contributed by atoms with Crippen LogP contribution in [0, 0.1) is 6.92 Å². The fourth-order valence-electron chi connectivity index (χ4n) is 2.42. The van der Waals surface area contributed by atoms with Gasteiger partial charge in [0.15, 0.2) is 0 Å². The van der Waals surface area contributed by atoms with Gasteiger partial charge in [-0.3, -0.25) is 0 Å². The van der Waals surface area contributed by atoms with Gasteiger partial charge in [0.2, 0.25) is 0 Å². The third-order valence-corrected chi connectivity index (χ3v) is 3.26. The maximum atomic E-state index is 9.48. The van der Waals surface area contributed by atoms with Gasteiger partial charge in [0.25, 0.3) is 0 Å². The van der Waals surface area contributed by atoms with Gasteiger partial charge in [0.1, 0.15) is 0 Å². The Morgan fingerprint density at radius 3 is 2.93 bits per heavy atom. The molecule has 1 unspecified atom stereocenters. The molecule has 1 aromatic carbocycles. The minimum absolute atomic E-state index is 0.0617. The van der Waals surface area contributed by atoms with Gasteiger partial charge in [-0.05, 0) is 38.3 Å². The molecule has 1 aromatic rings. The first-order valence-corrected chi connectivity index (χ1v) is 5.66. The van der Waals surface area contributed by atoms with Crippen molar-refractivity contribution in [2.75, 3.05) is 13.2 Å². The van der Waals surface area contributed by atoms with E-state index in [-0.39, 0.29) is 12.1 Å². The molecule has 0 bridgehead atoms. The summed E-state index contributed by atoms with van der Waals surface area (Å²) >= 11 is 0. The van der Waals surface area contributed by atoms with Crippen molar-refractivity contribution in [2.24, 2.45) is 0 Å². The summed E-state index contributed by atoms with van der Waals surface area (Å²) in [5.74, 6) is 0. The lowest BCUT2D eigenvalue weighted by Crippen LogP contribution is -2.45. The van der Waals surface area contributed by atoms with Crippen LogP contribution >= 0.6 is 0 Å². The van der Waals surface area contributed by atoms with Crippen LogP contribution in [0.2, 0.25) is 0 Å². The Labute approximate surface area is 91.3 Å². The Morgan fingerprint density at radius 2 is 2.33 bits per heavy atom. The number of aliphatic hydroxyl groups is 1. The second-order valence-electron chi connectivity index (χ2n) is 4.63. The van der Waals surface area contributed by atoms with Crippen LogP contribution in [0.5, 0.6) is 0 Å². The topological polar surface area (TPSA) is 32.3 Å². The average Bonchev–Trinajstić information content (AvgIpc) is 2.67. The van der Waals surface area contributed by atoms with Gasteiger partial charge in [-0.15, -0.1) is 0 Å². The van der Waals surface area contributed by atoms with E-state index in [1.165, 1.54) is 17.5 Å². The third-order valence-electron chi connectivity index (χ3n) is 3.26. The predicted octanol–water partition coefficient (Wildman–Crippen LogP) is 1.65. The molecule has 1 aliphatic rings. The zero-order valence-corrected chi connectivity index (χ0v) is 9.29. The molecule has 2 heteroatoms. The standard InChI is InChI=1S/C13H19NO/c1-11-4-2-5-12(8-11)9-13(10-15)6-3-7-14-13/h2,4-5,8,14-15H,3,6-7,9-10H2,1H3. The first-order chi connectivity index (χ1) is 7.24. The van der Waals surface area contributed by atoms with E-state index in [1.54, 1.807) is 0 Å². The minimum atomic E-state index is -0.0617. The van der Waals surface area contributed by atoms with Crippen LogP contribution in [0.1, 0.15) is 24.0 Å². The molecule has 1 fully saturated rings. The highest BCUT2D eigenvalue weighted by atomic mass is 16.3. The Morgan fingerprint density at radius 1 is 1.47 bits per heavy atom. The highest BCUT2D eigenvalue weighted by Gasteiger charge is 2.32. The summed E-state index contributed by atoms with van der Waals surface area (Å²) in [5.41, 5.74) is 2.55. The van der Waals surface area contributed by atoms with Crippen molar-refractivity contribution in [3.05, 3.63) is 35.4 Å². The van der Waals surface area contributed by atoms with Gasteiger partial charge in [0.05, 0.1) is 6.61 Å². The summed E-state index contributed by atoms with van der Waals surface area (Å²) in [6.07, 6.45) is 3.19. The molecule has 0 aliphatic carbocycles. The van der Waals surface area contributed by atoms with Crippen LogP contribution in [0.4, 0.5) is 0 Å². The van der Waals surface area contributed by atoms with E-state index in [9.17, 15) is 5.11 Å². The number of aliphatic hydroxyl groups excluding tert-OH is 1. The first-order valence-electron chi connectivity index (χ1n) is 5.66. The van der Waals surface area contributed by atoms with Crippen LogP contribution in [0.3, 0.4) is 0 Å². The summed E-state index contributed by atoms with van der Waals surface area (Å²) in [6, 6.07) is 8.55. The molecule has 2 nitrogen and oxygen atoms in total. The first kappa shape index (κ1) is 10.7. The number of benzene rings is 1. The maximum Gasteiger partial charge on any atom is 0.0616 e. The van der Waals surface area contributed by atoms with Crippen molar-refractivity contribution in [3.63, 3.8) is 0 Å². The van der Waals surface area contributed by atoms with Crippen LogP contribution in [-0.4, -0.2) is 23.8 Å². The highest BCUT2D eigenvalue weighted by Crippen LogP contribution is 2.23. The molecule has 15 heavy (non-hydrogen) atoms. The second kappa shape index (κ2) is 4.33.